The van der Waals surface area contributed by atoms with Gasteiger partial charge in [-0.1, -0.05) is 0 Å². The zero-order valence-electron chi connectivity index (χ0n) is 13.6. The molecule has 0 aliphatic rings. The minimum absolute atomic E-state index is 0.0288. The average molecular weight is 401 g/mol. The Morgan fingerprint density at radius 2 is 1.67 bits per heavy atom. The molecular formula is C17H14F3NO5S. The summed E-state index contributed by atoms with van der Waals surface area (Å²) in [5, 5.41) is 12.0. The van der Waals surface area contributed by atoms with Crippen LogP contribution in [0.25, 0.3) is 0 Å². The molecule has 2 aromatic rings. The van der Waals surface area contributed by atoms with Gasteiger partial charge in [0.2, 0.25) is 0 Å². The number of benzene rings is 2. The second-order valence-corrected chi connectivity index (χ2v) is 6.98. The minimum atomic E-state index is -4.82. The second kappa shape index (κ2) is 8.23. The number of nitrogens with one attached hydrogen (secondary N) is 1. The Kier molecular flexibility index (Phi) is 6.24. The first-order chi connectivity index (χ1) is 12.6. The zero-order chi connectivity index (χ0) is 20.1. The Morgan fingerprint density at radius 1 is 1.07 bits per heavy atom. The fourth-order valence-electron chi connectivity index (χ4n) is 1.99. The summed E-state index contributed by atoms with van der Waals surface area (Å²) in [5.41, 5.74) is 0.382. The normalized spacial score (nSPS) is 12.1. The molecular weight excluding hydrogens is 387 g/mol. The van der Waals surface area contributed by atoms with Gasteiger partial charge in [0.15, 0.2) is 9.84 Å². The SMILES string of the molecule is O=C(Nc1ccc(S(=O)(=O)/C=C\CO)cc1)c1ccc(OC(F)(F)F)cc1. The van der Waals surface area contributed by atoms with Crippen LogP contribution in [0, 0.1) is 0 Å². The van der Waals surface area contributed by atoms with Crippen LogP contribution in [0.4, 0.5) is 18.9 Å². The van der Waals surface area contributed by atoms with Crippen LogP contribution in [0.15, 0.2) is 64.9 Å². The highest BCUT2D eigenvalue weighted by atomic mass is 32.2. The minimum Gasteiger partial charge on any atom is -0.406 e. The van der Waals surface area contributed by atoms with Gasteiger partial charge in [-0.25, -0.2) is 8.42 Å². The standard InChI is InChI=1S/C17H14F3NO5S/c18-17(19,20)26-14-6-2-12(3-7-14)16(23)21-13-4-8-15(9-5-13)27(24,25)11-1-10-22/h1-9,11,22H,10H2,(H,21,23)/b11-1-. The number of rotatable bonds is 6. The van der Waals surface area contributed by atoms with Crippen LogP contribution < -0.4 is 10.1 Å². The smallest absolute Gasteiger partial charge is 0.406 e. The van der Waals surface area contributed by atoms with Crippen LogP contribution in [-0.2, 0) is 9.84 Å². The molecule has 27 heavy (non-hydrogen) atoms. The average Bonchev–Trinajstić information content (AvgIpc) is 2.59. The van der Waals surface area contributed by atoms with Gasteiger partial charge in [0.05, 0.1) is 11.5 Å². The molecule has 6 nitrogen and oxygen atoms in total. The molecule has 0 aliphatic heterocycles. The van der Waals surface area contributed by atoms with Gasteiger partial charge in [-0.15, -0.1) is 13.2 Å². The summed E-state index contributed by atoms with van der Waals surface area (Å²) in [6, 6.07) is 9.60. The first-order valence-electron chi connectivity index (χ1n) is 7.40. The lowest BCUT2D eigenvalue weighted by Gasteiger charge is -2.09. The lowest BCUT2D eigenvalue weighted by Crippen LogP contribution is -2.17. The van der Waals surface area contributed by atoms with E-state index >= 15 is 0 Å². The van der Waals surface area contributed by atoms with Crippen LogP contribution in [0.5, 0.6) is 5.75 Å². The van der Waals surface area contributed by atoms with Crippen molar-refractivity contribution in [1.82, 2.24) is 0 Å². The molecule has 0 aliphatic carbocycles. The summed E-state index contributed by atoms with van der Waals surface area (Å²) < 4.78 is 63.9. The third kappa shape index (κ3) is 6.12. The predicted octanol–water partition coefficient (Wildman–Crippen LogP) is 3.12. The van der Waals surface area contributed by atoms with Crippen molar-refractivity contribution in [3.05, 3.63) is 65.6 Å². The number of hydrogen-bond donors (Lipinski definition) is 2. The molecule has 2 N–H and O–H groups in total. The number of alkyl halides is 3. The van der Waals surface area contributed by atoms with Crippen molar-refractivity contribution >= 4 is 21.4 Å². The summed E-state index contributed by atoms with van der Waals surface area (Å²) in [5.74, 6) is -1.05. The van der Waals surface area contributed by atoms with E-state index in [4.69, 9.17) is 5.11 Å². The third-order valence-electron chi connectivity index (χ3n) is 3.17. The van der Waals surface area contributed by atoms with Crippen LogP contribution in [0.2, 0.25) is 0 Å². The van der Waals surface area contributed by atoms with E-state index in [-0.39, 0.29) is 10.5 Å². The van der Waals surface area contributed by atoms with E-state index in [0.29, 0.717) is 5.69 Å². The number of hydrogen-bond acceptors (Lipinski definition) is 5. The van der Waals surface area contributed by atoms with E-state index in [1.807, 2.05) is 0 Å². The Balaban J connectivity index is 2.07. The topological polar surface area (TPSA) is 92.7 Å². The molecule has 0 saturated carbocycles. The Labute approximate surface area is 152 Å². The van der Waals surface area contributed by atoms with E-state index in [1.54, 1.807) is 0 Å². The lowest BCUT2D eigenvalue weighted by molar-refractivity contribution is -0.274. The maximum absolute atomic E-state index is 12.1. The summed E-state index contributed by atoms with van der Waals surface area (Å²) in [4.78, 5) is 12.1. The molecule has 0 aromatic heterocycles. The number of ether oxygens (including phenoxy) is 1. The van der Waals surface area contributed by atoms with Crippen molar-refractivity contribution in [2.45, 2.75) is 11.3 Å². The first-order valence-corrected chi connectivity index (χ1v) is 8.95. The van der Waals surface area contributed by atoms with Crippen molar-refractivity contribution in [2.24, 2.45) is 0 Å². The van der Waals surface area contributed by atoms with Crippen LogP contribution in [0.1, 0.15) is 10.4 Å². The van der Waals surface area contributed by atoms with Gasteiger partial charge in [0.25, 0.3) is 5.91 Å². The summed E-state index contributed by atoms with van der Waals surface area (Å²) >= 11 is 0. The van der Waals surface area contributed by atoms with Crippen molar-refractivity contribution in [1.29, 1.82) is 0 Å². The van der Waals surface area contributed by atoms with Gasteiger partial charge in [0, 0.05) is 16.7 Å². The number of amides is 1. The number of carbonyl (C=O) groups is 1. The highest BCUT2D eigenvalue weighted by molar-refractivity contribution is 7.94. The number of sulfone groups is 1. The number of halogens is 3. The van der Waals surface area contributed by atoms with E-state index in [2.05, 4.69) is 10.1 Å². The molecule has 0 heterocycles. The molecule has 0 unspecified atom stereocenters. The van der Waals surface area contributed by atoms with Crippen molar-refractivity contribution < 1.29 is 36.2 Å². The second-order valence-electron chi connectivity index (χ2n) is 5.15. The Bertz CT molecular complexity index is 921. The molecule has 10 heteroatoms. The maximum Gasteiger partial charge on any atom is 0.573 e. The number of aliphatic hydroxyl groups is 1. The molecule has 144 valence electrons. The van der Waals surface area contributed by atoms with Crippen LogP contribution >= 0.6 is 0 Å². The van der Waals surface area contributed by atoms with E-state index < -0.39 is 34.5 Å². The number of carbonyl (C=O) groups excluding carboxylic acids is 1. The highest BCUT2D eigenvalue weighted by Gasteiger charge is 2.31. The fourth-order valence-corrected chi connectivity index (χ4v) is 3.00. The highest BCUT2D eigenvalue weighted by Crippen LogP contribution is 2.23. The zero-order valence-corrected chi connectivity index (χ0v) is 14.4. The molecule has 0 saturated heterocycles. The summed E-state index contributed by atoms with van der Waals surface area (Å²) in [6.07, 6.45) is -3.74. The molecule has 0 spiro atoms. The quantitative estimate of drug-likeness (QED) is 0.776. The van der Waals surface area contributed by atoms with Gasteiger partial charge in [0.1, 0.15) is 5.75 Å². The molecule has 0 bridgehead atoms. The molecule has 2 rings (SSSR count). The van der Waals surface area contributed by atoms with Crippen molar-refractivity contribution in [3.8, 4) is 5.75 Å². The summed E-state index contributed by atoms with van der Waals surface area (Å²) in [6.45, 7) is -0.416. The lowest BCUT2D eigenvalue weighted by atomic mass is 10.2. The van der Waals surface area contributed by atoms with Crippen LogP contribution in [-0.4, -0.2) is 32.4 Å². The van der Waals surface area contributed by atoms with E-state index in [9.17, 15) is 26.4 Å². The van der Waals surface area contributed by atoms with Gasteiger partial charge in [-0.2, -0.15) is 0 Å². The number of anilines is 1. The van der Waals surface area contributed by atoms with Gasteiger partial charge in [-0.3, -0.25) is 4.79 Å². The molecule has 0 radical (unpaired) electrons. The molecule has 0 atom stereocenters. The molecule has 1 amide bonds. The first kappa shape index (κ1) is 20.5. The Morgan fingerprint density at radius 3 is 2.19 bits per heavy atom. The largest absolute Gasteiger partial charge is 0.573 e. The van der Waals surface area contributed by atoms with Crippen LogP contribution in [0.3, 0.4) is 0 Å². The Hall–Kier alpha value is -2.85. The maximum atomic E-state index is 12.1. The van der Waals surface area contributed by atoms with Crippen molar-refractivity contribution in [3.63, 3.8) is 0 Å². The third-order valence-corrected chi connectivity index (χ3v) is 4.65. The number of aliphatic hydroxyl groups excluding tert-OH is 1. The monoisotopic (exact) mass is 401 g/mol. The molecule has 0 fully saturated rings. The summed E-state index contributed by atoms with van der Waals surface area (Å²) in [7, 11) is -3.70. The van der Waals surface area contributed by atoms with E-state index in [1.165, 1.54) is 24.3 Å². The van der Waals surface area contributed by atoms with Gasteiger partial charge in [-0.05, 0) is 54.6 Å². The predicted molar refractivity (Wildman–Crippen MR) is 90.9 cm³/mol. The molecule has 2 aromatic carbocycles. The van der Waals surface area contributed by atoms with E-state index in [0.717, 1.165) is 35.7 Å². The van der Waals surface area contributed by atoms with Gasteiger partial charge < -0.3 is 15.2 Å². The fraction of sp³-hybridized carbons (Fsp3) is 0.118. The van der Waals surface area contributed by atoms with Gasteiger partial charge >= 0.3 is 6.36 Å². The van der Waals surface area contributed by atoms with Crippen molar-refractivity contribution in [2.75, 3.05) is 11.9 Å².